The number of imidazole rings is 1. The number of fused-ring (bicyclic) bond motifs is 1. The lowest BCUT2D eigenvalue weighted by molar-refractivity contribution is -0.118. The van der Waals surface area contributed by atoms with Crippen molar-refractivity contribution >= 4 is 11.6 Å². The molecule has 0 atom stereocenters. The molecule has 0 aliphatic carbocycles. The van der Waals surface area contributed by atoms with E-state index in [1.807, 2.05) is 24.4 Å². The van der Waals surface area contributed by atoms with E-state index < -0.39 is 0 Å². The molecule has 1 aliphatic heterocycles. The highest BCUT2D eigenvalue weighted by atomic mass is 16.1. The summed E-state index contributed by atoms with van der Waals surface area (Å²) in [7, 11) is 0. The van der Waals surface area contributed by atoms with Crippen molar-refractivity contribution in [3.63, 3.8) is 0 Å². The Bertz CT molecular complexity index is 582. The van der Waals surface area contributed by atoms with Crippen LogP contribution in [0.1, 0.15) is 12.1 Å². The maximum absolute atomic E-state index is 10.8. The van der Waals surface area contributed by atoms with E-state index in [-0.39, 0.29) is 5.91 Å². The van der Waals surface area contributed by atoms with E-state index in [9.17, 15) is 4.79 Å². The van der Waals surface area contributed by atoms with Gasteiger partial charge in [0.05, 0.1) is 5.69 Å². The zero-order valence-corrected chi connectivity index (χ0v) is 12.1. The number of pyridine rings is 1. The largest absolute Gasteiger partial charge is 0.370 e. The molecule has 6 nitrogen and oxygen atoms in total. The fourth-order valence-corrected chi connectivity index (χ4v) is 2.73. The van der Waals surface area contributed by atoms with Crippen LogP contribution in [0.4, 0.5) is 0 Å². The first-order chi connectivity index (χ1) is 10.2. The first-order valence-corrected chi connectivity index (χ1v) is 7.36. The molecule has 1 saturated heterocycles. The van der Waals surface area contributed by atoms with Crippen molar-refractivity contribution in [3.05, 3.63) is 36.3 Å². The van der Waals surface area contributed by atoms with Crippen molar-refractivity contribution in [1.82, 2.24) is 19.2 Å². The average molecular weight is 287 g/mol. The van der Waals surface area contributed by atoms with Crippen molar-refractivity contribution in [1.29, 1.82) is 0 Å². The highest BCUT2D eigenvalue weighted by molar-refractivity contribution is 5.73. The van der Waals surface area contributed by atoms with Gasteiger partial charge in [0.2, 0.25) is 5.91 Å². The van der Waals surface area contributed by atoms with E-state index in [0.717, 1.165) is 50.6 Å². The molecule has 1 aliphatic rings. The van der Waals surface area contributed by atoms with Gasteiger partial charge in [-0.2, -0.15) is 0 Å². The van der Waals surface area contributed by atoms with Gasteiger partial charge in [0.25, 0.3) is 0 Å². The fourth-order valence-electron chi connectivity index (χ4n) is 2.73. The van der Waals surface area contributed by atoms with Gasteiger partial charge < -0.3 is 15.0 Å². The number of rotatable bonds is 5. The molecule has 21 heavy (non-hydrogen) atoms. The molecule has 1 amide bonds. The van der Waals surface area contributed by atoms with E-state index in [2.05, 4.69) is 25.4 Å². The van der Waals surface area contributed by atoms with Gasteiger partial charge in [0, 0.05) is 58.1 Å². The Hall–Kier alpha value is -1.92. The lowest BCUT2D eigenvalue weighted by Crippen LogP contribution is -2.46. The minimum atomic E-state index is -0.220. The number of nitrogens with two attached hydrogens (primary N) is 1. The van der Waals surface area contributed by atoms with Crippen molar-refractivity contribution < 1.29 is 4.79 Å². The Morgan fingerprint density at radius 3 is 2.67 bits per heavy atom. The number of nitrogens with zero attached hydrogens (tertiary/aromatic N) is 4. The normalized spacial score (nSPS) is 17.3. The smallest absolute Gasteiger partial charge is 0.218 e. The summed E-state index contributed by atoms with van der Waals surface area (Å²) in [6.07, 6.45) is 4.56. The molecule has 0 saturated carbocycles. The molecule has 0 spiro atoms. The van der Waals surface area contributed by atoms with Crippen molar-refractivity contribution in [2.45, 2.75) is 13.0 Å². The first-order valence-electron chi connectivity index (χ1n) is 7.36. The molecule has 0 bridgehead atoms. The minimum absolute atomic E-state index is 0.220. The Balaban J connectivity index is 1.52. The average Bonchev–Trinajstić information content (AvgIpc) is 2.88. The summed E-state index contributed by atoms with van der Waals surface area (Å²) in [6, 6.07) is 6.03. The first kappa shape index (κ1) is 14.0. The van der Waals surface area contributed by atoms with Gasteiger partial charge >= 0.3 is 0 Å². The molecule has 2 aromatic heterocycles. The third-order valence-corrected chi connectivity index (χ3v) is 3.94. The van der Waals surface area contributed by atoms with Crippen LogP contribution in [0, 0.1) is 0 Å². The number of piperazine rings is 1. The number of aromatic nitrogens is 2. The fraction of sp³-hybridized carbons (Fsp3) is 0.467. The van der Waals surface area contributed by atoms with E-state index in [1.165, 1.54) is 0 Å². The third-order valence-electron chi connectivity index (χ3n) is 3.94. The van der Waals surface area contributed by atoms with Crippen LogP contribution >= 0.6 is 0 Å². The second kappa shape index (κ2) is 6.24. The predicted octanol–water partition coefficient (Wildman–Crippen LogP) is 0.327. The van der Waals surface area contributed by atoms with Crippen LogP contribution in [0.5, 0.6) is 0 Å². The molecule has 2 aromatic rings. The summed E-state index contributed by atoms with van der Waals surface area (Å²) in [5.74, 6) is -0.220. The maximum atomic E-state index is 10.8. The van der Waals surface area contributed by atoms with E-state index >= 15 is 0 Å². The molecule has 6 heteroatoms. The SMILES string of the molecule is NC(=O)CCN1CCN(Cc2cn3ccccc3n2)CC1. The summed E-state index contributed by atoms with van der Waals surface area (Å²) < 4.78 is 2.05. The van der Waals surface area contributed by atoms with E-state index in [0.29, 0.717) is 6.42 Å². The van der Waals surface area contributed by atoms with Crippen LogP contribution in [-0.2, 0) is 11.3 Å². The molecule has 0 aromatic carbocycles. The number of carbonyl (C=O) groups excluding carboxylic acids is 1. The molecule has 0 unspecified atom stereocenters. The molecule has 1 fully saturated rings. The summed E-state index contributed by atoms with van der Waals surface area (Å²) >= 11 is 0. The molecular formula is C15H21N5O. The van der Waals surface area contributed by atoms with Crippen LogP contribution in [-0.4, -0.2) is 57.8 Å². The second-order valence-corrected chi connectivity index (χ2v) is 5.53. The van der Waals surface area contributed by atoms with Crippen LogP contribution in [0.3, 0.4) is 0 Å². The Morgan fingerprint density at radius 2 is 1.95 bits per heavy atom. The van der Waals surface area contributed by atoms with Gasteiger partial charge in [-0.05, 0) is 12.1 Å². The summed E-state index contributed by atoms with van der Waals surface area (Å²) in [4.78, 5) is 20.1. The van der Waals surface area contributed by atoms with Gasteiger partial charge in [-0.1, -0.05) is 6.07 Å². The van der Waals surface area contributed by atoms with Crippen molar-refractivity contribution in [2.24, 2.45) is 5.73 Å². The standard InChI is InChI=1S/C15H21N5O/c16-14(21)4-6-18-7-9-19(10-8-18)11-13-12-20-5-2-1-3-15(20)17-13/h1-3,5,12H,4,6-11H2,(H2,16,21). The quantitative estimate of drug-likeness (QED) is 0.860. The number of hydrogen-bond acceptors (Lipinski definition) is 4. The highest BCUT2D eigenvalue weighted by Gasteiger charge is 2.18. The summed E-state index contributed by atoms with van der Waals surface area (Å²) in [5.41, 5.74) is 7.29. The molecule has 0 radical (unpaired) electrons. The molecule has 3 heterocycles. The second-order valence-electron chi connectivity index (χ2n) is 5.53. The topological polar surface area (TPSA) is 66.9 Å². The van der Waals surface area contributed by atoms with Gasteiger partial charge in [-0.3, -0.25) is 9.69 Å². The number of carbonyl (C=O) groups is 1. The zero-order valence-electron chi connectivity index (χ0n) is 12.1. The minimum Gasteiger partial charge on any atom is -0.370 e. The summed E-state index contributed by atoms with van der Waals surface area (Å²) in [5, 5.41) is 0. The number of primary amides is 1. The Morgan fingerprint density at radius 1 is 1.19 bits per heavy atom. The van der Waals surface area contributed by atoms with E-state index in [1.54, 1.807) is 0 Å². The number of hydrogen-bond donors (Lipinski definition) is 1. The van der Waals surface area contributed by atoms with Gasteiger partial charge in [-0.25, -0.2) is 4.98 Å². The van der Waals surface area contributed by atoms with Crippen LogP contribution in [0.2, 0.25) is 0 Å². The molecule has 3 rings (SSSR count). The van der Waals surface area contributed by atoms with Gasteiger partial charge in [0.15, 0.2) is 0 Å². The third kappa shape index (κ3) is 3.59. The maximum Gasteiger partial charge on any atom is 0.218 e. The van der Waals surface area contributed by atoms with Gasteiger partial charge in [0.1, 0.15) is 5.65 Å². The van der Waals surface area contributed by atoms with E-state index in [4.69, 9.17) is 5.73 Å². The Kier molecular flexibility index (Phi) is 4.17. The van der Waals surface area contributed by atoms with Crippen LogP contribution < -0.4 is 5.73 Å². The number of amides is 1. The molecule has 112 valence electrons. The monoisotopic (exact) mass is 287 g/mol. The van der Waals surface area contributed by atoms with Crippen molar-refractivity contribution in [2.75, 3.05) is 32.7 Å². The summed E-state index contributed by atoms with van der Waals surface area (Å²) in [6.45, 7) is 5.64. The van der Waals surface area contributed by atoms with Gasteiger partial charge in [-0.15, -0.1) is 0 Å². The van der Waals surface area contributed by atoms with Crippen LogP contribution in [0.25, 0.3) is 5.65 Å². The van der Waals surface area contributed by atoms with Crippen molar-refractivity contribution in [3.8, 4) is 0 Å². The Labute approximate surface area is 124 Å². The lowest BCUT2D eigenvalue weighted by atomic mass is 10.2. The molecule has 2 N–H and O–H groups in total. The lowest BCUT2D eigenvalue weighted by Gasteiger charge is -2.34. The predicted molar refractivity (Wildman–Crippen MR) is 80.7 cm³/mol. The zero-order chi connectivity index (χ0) is 14.7. The molecular weight excluding hydrogens is 266 g/mol. The van der Waals surface area contributed by atoms with Crippen LogP contribution in [0.15, 0.2) is 30.6 Å². The highest BCUT2D eigenvalue weighted by Crippen LogP contribution is 2.10.